The van der Waals surface area contributed by atoms with Crippen LogP contribution in [0, 0.1) is 5.92 Å². The summed E-state index contributed by atoms with van der Waals surface area (Å²) in [5.74, 6) is 0.971. The molecule has 0 spiro atoms. The van der Waals surface area contributed by atoms with Crippen molar-refractivity contribution in [2.75, 3.05) is 17.6 Å². The van der Waals surface area contributed by atoms with Gasteiger partial charge < -0.3 is 11.1 Å². The minimum Gasteiger partial charge on any atom is -0.399 e. The van der Waals surface area contributed by atoms with Gasteiger partial charge in [0.05, 0.1) is 15.7 Å². The molecule has 0 aromatic heterocycles. The molecular weight excluding hydrogens is 243 g/mol. The van der Waals surface area contributed by atoms with Crippen LogP contribution in [0.1, 0.15) is 25.7 Å². The third-order valence-electron chi connectivity index (χ3n) is 2.85. The summed E-state index contributed by atoms with van der Waals surface area (Å²) in [6, 6.07) is 3.44. The van der Waals surface area contributed by atoms with Crippen LogP contribution in [0.25, 0.3) is 0 Å². The number of hydrogen-bond donors (Lipinski definition) is 2. The molecule has 1 aliphatic rings. The Morgan fingerprint density at radius 1 is 1.25 bits per heavy atom. The highest BCUT2D eigenvalue weighted by Gasteiger charge is 2.20. The quantitative estimate of drug-likeness (QED) is 0.615. The van der Waals surface area contributed by atoms with Crippen LogP contribution in [0.5, 0.6) is 0 Å². The van der Waals surface area contributed by atoms with E-state index in [-0.39, 0.29) is 0 Å². The number of nitrogens with two attached hydrogens (primary N) is 1. The average molecular weight is 259 g/mol. The van der Waals surface area contributed by atoms with E-state index in [4.69, 9.17) is 28.9 Å². The summed E-state index contributed by atoms with van der Waals surface area (Å²) < 4.78 is 0. The summed E-state index contributed by atoms with van der Waals surface area (Å²) in [4.78, 5) is 0. The third kappa shape index (κ3) is 3.19. The second kappa shape index (κ2) is 5.15. The van der Waals surface area contributed by atoms with Crippen LogP contribution in [-0.4, -0.2) is 6.54 Å². The first-order valence-electron chi connectivity index (χ1n) is 5.65. The first kappa shape index (κ1) is 11.9. The summed E-state index contributed by atoms with van der Waals surface area (Å²) in [6.45, 7) is 0.917. The van der Waals surface area contributed by atoms with E-state index in [1.54, 1.807) is 12.1 Å². The Morgan fingerprint density at radius 3 is 2.44 bits per heavy atom. The monoisotopic (exact) mass is 258 g/mol. The van der Waals surface area contributed by atoms with E-state index in [2.05, 4.69) is 5.32 Å². The summed E-state index contributed by atoms with van der Waals surface area (Å²) in [6.07, 6.45) is 5.28. The fourth-order valence-electron chi connectivity index (χ4n) is 1.77. The van der Waals surface area contributed by atoms with E-state index in [1.165, 1.54) is 25.7 Å². The molecule has 0 unspecified atom stereocenters. The number of anilines is 2. The zero-order chi connectivity index (χ0) is 11.5. The molecule has 1 aliphatic carbocycles. The number of hydrogen-bond acceptors (Lipinski definition) is 2. The van der Waals surface area contributed by atoms with E-state index in [0.29, 0.717) is 15.7 Å². The Hall–Kier alpha value is -0.600. The molecule has 0 aliphatic heterocycles. The van der Waals surface area contributed by atoms with Crippen molar-refractivity contribution < 1.29 is 0 Å². The number of halogens is 2. The molecule has 1 aromatic rings. The second-order valence-corrected chi connectivity index (χ2v) is 5.19. The van der Waals surface area contributed by atoms with Gasteiger partial charge in [-0.3, -0.25) is 0 Å². The van der Waals surface area contributed by atoms with Crippen molar-refractivity contribution in [2.24, 2.45) is 5.92 Å². The summed E-state index contributed by atoms with van der Waals surface area (Å²) in [5, 5.41) is 4.46. The first-order valence-corrected chi connectivity index (χ1v) is 6.41. The molecule has 0 amide bonds. The predicted molar refractivity (Wildman–Crippen MR) is 71.3 cm³/mol. The molecular formula is C12H16Cl2N2. The molecule has 88 valence electrons. The lowest BCUT2D eigenvalue weighted by atomic mass is 10.2. The maximum absolute atomic E-state index is 6.06. The fourth-order valence-corrected chi connectivity index (χ4v) is 2.41. The molecule has 1 fully saturated rings. The zero-order valence-corrected chi connectivity index (χ0v) is 10.6. The molecule has 0 saturated heterocycles. The molecule has 0 radical (unpaired) electrons. The molecule has 1 saturated carbocycles. The summed E-state index contributed by atoms with van der Waals surface area (Å²) in [7, 11) is 0. The van der Waals surface area contributed by atoms with Crippen LogP contribution in [0.4, 0.5) is 11.4 Å². The SMILES string of the molecule is Nc1cc(Cl)c(NCCCC2CC2)c(Cl)c1. The Labute approximate surface area is 106 Å². The molecule has 3 N–H and O–H groups in total. The number of nitrogen functional groups attached to an aromatic ring is 1. The standard InChI is InChI=1S/C12H16Cl2N2/c13-10-6-9(15)7-11(14)12(10)16-5-1-2-8-3-4-8/h6-8,16H,1-5,15H2. The van der Waals surface area contributed by atoms with E-state index < -0.39 is 0 Å². The smallest absolute Gasteiger partial charge is 0.0720 e. The Bertz CT molecular complexity index is 352. The van der Waals surface area contributed by atoms with Gasteiger partial charge in [-0.25, -0.2) is 0 Å². The largest absolute Gasteiger partial charge is 0.399 e. The molecule has 0 atom stereocenters. The zero-order valence-electron chi connectivity index (χ0n) is 9.10. The lowest BCUT2D eigenvalue weighted by Crippen LogP contribution is -2.03. The highest BCUT2D eigenvalue weighted by Crippen LogP contribution is 2.35. The molecule has 1 aromatic carbocycles. The van der Waals surface area contributed by atoms with Gasteiger partial charge in [0, 0.05) is 12.2 Å². The third-order valence-corrected chi connectivity index (χ3v) is 3.45. The van der Waals surface area contributed by atoms with E-state index >= 15 is 0 Å². The van der Waals surface area contributed by atoms with E-state index in [9.17, 15) is 0 Å². The molecule has 2 nitrogen and oxygen atoms in total. The normalized spacial score (nSPS) is 15.1. The van der Waals surface area contributed by atoms with Gasteiger partial charge >= 0.3 is 0 Å². The Morgan fingerprint density at radius 2 is 1.88 bits per heavy atom. The maximum Gasteiger partial charge on any atom is 0.0720 e. The predicted octanol–water partition coefficient (Wildman–Crippen LogP) is 4.18. The van der Waals surface area contributed by atoms with E-state index in [0.717, 1.165) is 18.2 Å². The topological polar surface area (TPSA) is 38.0 Å². The van der Waals surface area contributed by atoms with Gasteiger partial charge in [-0.2, -0.15) is 0 Å². The summed E-state index contributed by atoms with van der Waals surface area (Å²) >= 11 is 12.1. The van der Waals surface area contributed by atoms with Crippen molar-refractivity contribution in [3.05, 3.63) is 22.2 Å². The van der Waals surface area contributed by atoms with Crippen molar-refractivity contribution in [1.29, 1.82) is 0 Å². The molecule has 0 bridgehead atoms. The maximum atomic E-state index is 6.06. The van der Waals surface area contributed by atoms with Crippen LogP contribution in [-0.2, 0) is 0 Å². The second-order valence-electron chi connectivity index (χ2n) is 4.37. The van der Waals surface area contributed by atoms with Gasteiger partial charge in [-0.05, 0) is 30.9 Å². The van der Waals surface area contributed by atoms with Crippen LogP contribution >= 0.6 is 23.2 Å². The van der Waals surface area contributed by atoms with Crippen molar-refractivity contribution >= 4 is 34.6 Å². The molecule has 0 heterocycles. The number of rotatable bonds is 5. The lowest BCUT2D eigenvalue weighted by Gasteiger charge is -2.11. The van der Waals surface area contributed by atoms with Gasteiger partial charge in [0.25, 0.3) is 0 Å². The van der Waals surface area contributed by atoms with Crippen LogP contribution in [0.3, 0.4) is 0 Å². The van der Waals surface area contributed by atoms with Gasteiger partial charge in [0.1, 0.15) is 0 Å². The lowest BCUT2D eigenvalue weighted by molar-refractivity contribution is 0.687. The minimum absolute atomic E-state index is 0.594. The highest BCUT2D eigenvalue weighted by atomic mass is 35.5. The number of benzene rings is 1. The van der Waals surface area contributed by atoms with Gasteiger partial charge in [-0.1, -0.05) is 36.0 Å². The van der Waals surface area contributed by atoms with Gasteiger partial charge in [-0.15, -0.1) is 0 Å². The van der Waals surface area contributed by atoms with Crippen LogP contribution < -0.4 is 11.1 Å². The molecule has 4 heteroatoms. The van der Waals surface area contributed by atoms with Crippen LogP contribution in [0.2, 0.25) is 10.0 Å². The van der Waals surface area contributed by atoms with Crippen molar-refractivity contribution in [3.8, 4) is 0 Å². The molecule has 2 rings (SSSR count). The van der Waals surface area contributed by atoms with Gasteiger partial charge in [0.2, 0.25) is 0 Å². The highest BCUT2D eigenvalue weighted by molar-refractivity contribution is 6.39. The summed E-state index contributed by atoms with van der Waals surface area (Å²) in [5.41, 5.74) is 7.03. The molecule has 16 heavy (non-hydrogen) atoms. The van der Waals surface area contributed by atoms with E-state index in [1.807, 2.05) is 0 Å². The van der Waals surface area contributed by atoms with Gasteiger partial charge in [0.15, 0.2) is 0 Å². The van der Waals surface area contributed by atoms with Crippen molar-refractivity contribution in [1.82, 2.24) is 0 Å². The Kier molecular flexibility index (Phi) is 3.82. The average Bonchev–Trinajstić information content (AvgIpc) is 2.98. The number of nitrogens with one attached hydrogen (secondary N) is 1. The minimum atomic E-state index is 0.594. The van der Waals surface area contributed by atoms with Crippen molar-refractivity contribution in [3.63, 3.8) is 0 Å². The van der Waals surface area contributed by atoms with Crippen molar-refractivity contribution in [2.45, 2.75) is 25.7 Å². The fraction of sp³-hybridized carbons (Fsp3) is 0.500. The van der Waals surface area contributed by atoms with Crippen LogP contribution in [0.15, 0.2) is 12.1 Å². The Balaban J connectivity index is 1.87. The first-order chi connectivity index (χ1) is 7.66.